The van der Waals surface area contributed by atoms with Crippen LogP contribution in [0, 0.1) is 0 Å². The first-order chi connectivity index (χ1) is 29.2. The van der Waals surface area contributed by atoms with E-state index in [1.54, 1.807) is 0 Å². The molecule has 59 heavy (non-hydrogen) atoms. The van der Waals surface area contributed by atoms with E-state index in [1.807, 2.05) is 6.07 Å². The summed E-state index contributed by atoms with van der Waals surface area (Å²) in [6.07, 6.45) is 0. The van der Waals surface area contributed by atoms with Crippen LogP contribution in [0.1, 0.15) is 0 Å². The van der Waals surface area contributed by atoms with E-state index in [-0.39, 0.29) is 0 Å². The van der Waals surface area contributed by atoms with Gasteiger partial charge in [0.05, 0.1) is 11.0 Å². The first-order valence-corrected chi connectivity index (χ1v) is 20.2. The Morgan fingerprint density at radius 2 is 1.00 bits per heavy atom. The lowest BCUT2D eigenvalue weighted by atomic mass is 9.98. The molecule has 2 heterocycles. The standard InChI is InChI=1S/C56H36N2O/c1-2-12-37(13-3-1)41-28-33-54-52(34-41)48-19-6-8-22-53(48)58(54)44-17-11-16-43(35-44)57(42-29-24-39(25-30-42)47-21-10-15-38-14-4-5-18-46(38)47)45-31-26-40-27-32-50-49-20-7-9-23-55(49)59-56(50)51(40)36-45/h1-36H. The highest BCUT2D eigenvalue weighted by molar-refractivity contribution is 6.16. The number of nitrogens with zero attached hydrogens (tertiary/aromatic N) is 2. The maximum atomic E-state index is 6.58. The monoisotopic (exact) mass is 752 g/mol. The molecule has 12 aromatic rings. The maximum absolute atomic E-state index is 6.58. The van der Waals surface area contributed by atoms with Gasteiger partial charge in [-0.05, 0) is 111 Å². The zero-order valence-corrected chi connectivity index (χ0v) is 32.1. The van der Waals surface area contributed by atoms with Gasteiger partial charge in [-0.1, -0.05) is 146 Å². The van der Waals surface area contributed by atoms with Gasteiger partial charge in [0.1, 0.15) is 11.2 Å². The summed E-state index contributed by atoms with van der Waals surface area (Å²) in [5.41, 5.74) is 13.3. The lowest BCUT2D eigenvalue weighted by Gasteiger charge is -2.27. The molecule has 0 atom stereocenters. The van der Waals surface area contributed by atoms with Crippen molar-refractivity contribution in [2.24, 2.45) is 0 Å². The van der Waals surface area contributed by atoms with Gasteiger partial charge in [0.15, 0.2) is 0 Å². The first-order valence-electron chi connectivity index (χ1n) is 20.2. The number of aromatic nitrogens is 1. The van der Waals surface area contributed by atoms with Crippen LogP contribution in [-0.2, 0) is 0 Å². The number of hydrogen-bond donors (Lipinski definition) is 0. The Morgan fingerprint density at radius 3 is 1.90 bits per heavy atom. The quantitative estimate of drug-likeness (QED) is 0.169. The Labute approximate surface area is 341 Å². The van der Waals surface area contributed by atoms with Crippen LogP contribution in [0.15, 0.2) is 223 Å². The first kappa shape index (κ1) is 33.3. The summed E-state index contributed by atoms with van der Waals surface area (Å²) < 4.78 is 8.98. The van der Waals surface area contributed by atoms with Gasteiger partial charge in [0.2, 0.25) is 0 Å². The topological polar surface area (TPSA) is 21.3 Å². The predicted molar refractivity (Wildman–Crippen MR) is 249 cm³/mol. The summed E-state index contributed by atoms with van der Waals surface area (Å²) in [6, 6.07) is 78.8. The van der Waals surface area contributed by atoms with Gasteiger partial charge in [-0.25, -0.2) is 0 Å². The molecule has 3 nitrogen and oxygen atoms in total. The molecule has 0 amide bonds. The van der Waals surface area contributed by atoms with Crippen LogP contribution in [0.2, 0.25) is 0 Å². The van der Waals surface area contributed by atoms with Crippen molar-refractivity contribution in [2.45, 2.75) is 0 Å². The third kappa shape index (κ3) is 5.44. The van der Waals surface area contributed by atoms with Gasteiger partial charge in [-0.2, -0.15) is 0 Å². The van der Waals surface area contributed by atoms with Gasteiger partial charge >= 0.3 is 0 Å². The van der Waals surface area contributed by atoms with Crippen molar-refractivity contribution in [2.75, 3.05) is 4.90 Å². The molecule has 3 heteroatoms. The smallest absolute Gasteiger partial charge is 0.143 e. The van der Waals surface area contributed by atoms with E-state index in [1.165, 1.54) is 54.8 Å². The molecule has 0 bridgehead atoms. The predicted octanol–water partition coefficient (Wildman–Crippen LogP) is 15.8. The van der Waals surface area contributed by atoms with Crippen molar-refractivity contribution in [1.29, 1.82) is 0 Å². The minimum Gasteiger partial charge on any atom is -0.455 e. The normalized spacial score (nSPS) is 11.7. The molecule has 10 aromatic carbocycles. The Hall–Kier alpha value is -7.88. The van der Waals surface area contributed by atoms with Crippen LogP contribution in [-0.4, -0.2) is 4.57 Å². The Morgan fingerprint density at radius 1 is 0.339 bits per heavy atom. The minimum atomic E-state index is 0.899. The summed E-state index contributed by atoms with van der Waals surface area (Å²) in [5.74, 6) is 0. The van der Waals surface area contributed by atoms with Crippen molar-refractivity contribution < 1.29 is 4.42 Å². The van der Waals surface area contributed by atoms with Crippen LogP contribution < -0.4 is 4.90 Å². The fourth-order valence-electron chi connectivity index (χ4n) is 9.18. The molecule has 0 unspecified atom stereocenters. The van der Waals surface area contributed by atoms with Gasteiger partial charge in [-0.3, -0.25) is 0 Å². The van der Waals surface area contributed by atoms with Gasteiger partial charge in [0, 0.05) is 49.7 Å². The molecule has 0 aliphatic heterocycles. The highest BCUT2D eigenvalue weighted by Crippen LogP contribution is 2.42. The van der Waals surface area contributed by atoms with Gasteiger partial charge in [0.25, 0.3) is 0 Å². The number of benzene rings is 10. The highest BCUT2D eigenvalue weighted by Gasteiger charge is 2.19. The number of fused-ring (bicyclic) bond motifs is 9. The van der Waals surface area contributed by atoms with E-state index in [9.17, 15) is 0 Å². The van der Waals surface area contributed by atoms with Crippen LogP contribution in [0.5, 0.6) is 0 Å². The highest BCUT2D eigenvalue weighted by atomic mass is 16.3. The molecule has 2 aromatic heterocycles. The SMILES string of the molecule is c1ccc(-c2ccc3c(c2)c2ccccc2n3-c2cccc(N(c3ccc(-c4cccc5ccccc45)cc3)c3ccc4ccc5c6ccccc6oc5c4c3)c2)cc1. The van der Waals surface area contributed by atoms with E-state index in [2.05, 4.69) is 222 Å². The average Bonchev–Trinajstić information content (AvgIpc) is 3.86. The number of hydrogen-bond acceptors (Lipinski definition) is 2. The van der Waals surface area contributed by atoms with Crippen LogP contribution in [0.25, 0.3) is 93.2 Å². The molecule has 0 fully saturated rings. The van der Waals surface area contributed by atoms with Crippen molar-refractivity contribution in [3.63, 3.8) is 0 Å². The van der Waals surface area contributed by atoms with Crippen molar-refractivity contribution in [3.8, 4) is 27.9 Å². The molecule has 0 spiro atoms. The molecule has 0 saturated carbocycles. The fraction of sp³-hybridized carbons (Fsp3) is 0. The van der Waals surface area contributed by atoms with Crippen molar-refractivity contribution in [1.82, 2.24) is 4.57 Å². The van der Waals surface area contributed by atoms with E-state index in [0.29, 0.717) is 0 Å². The molecular formula is C56H36N2O. The fourth-order valence-corrected chi connectivity index (χ4v) is 9.18. The Kier molecular flexibility index (Phi) is 7.54. The third-order valence-electron chi connectivity index (χ3n) is 12.0. The van der Waals surface area contributed by atoms with Crippen LogP contribution >= 0.6 is 0 Å². The summed E-state index contributed by atoms with van der Waals surface area (Å²) in [5, 5.41) is 9.43. The van der Waals surface area contributed by atoms with Gasteiger partial charge in [-0.15, -0.1) is 0 Å². The number of anilines is 3. The van der Waals surface area contributed by atoms with Crippen molar-refractivity contribution in [3.05, 3.63) is 218 Å². The lowest BCUT2D eigenvalue weighted by Crippen LogP contribution is -2.10. The van der Waals surface area contributed by atoms with Crippen molar-refractivity contribution >= 4 is 82.4 Å². The second-order valence-electron chi connectivity index (χ2n) is 15.3. The number of rotatable bonds is 6. The number of furan rings is 1. The van der Waals surface area contributed by atoms with Crippen LogP contribution in [0.3, 0.4) is 0 Å². The Bertz CT molecular complexity index is 3550. The minimum absolute atomic E-state index is 0.899. The van der Waals surface area contributed by atoms with E-state index >= 15 is 0 Å². The third-order valence-corrected chi connectivity index (χ3v) is 12.0. The van der Waals surface area contributed by atoms with E-state index < -0.39 is 0 Å². The lowest BCUT2D eigenvalue weighted by molar-refractivity contribution is 0.672. The molecule has 0 aliphatic carbocycles. The van der Waals surface area contributed by atoms with E-state index in [4.69, 9.17) is 4.42 Å². The van der Waals surface area contributed by atoms with Crippen LogP contribution in [0.4, 0.5) is 17.1 Å². The molecule has 12 rings (SSSR count). The second kappa shape index (κ2) is 13.4. The molecule has 276 valence electrons. The summed E-state index contributed by atoms with van der Waals surface area (Å²) in [6.45, 7) is 0. The molecule has 0 radical (unpaired) electrons. The largest absolute Gasteiger partial charge is 0.455 e. The average molecular weight is 753 g/mol. The van der Waals surface area contributed by atoms with Gasteiger partial charge < -0.3 is 13.9 Å². The molecule has 0 saturated heterocycles. The maximum Gasteiger partial charge on any atom is 0.143 e. The molecular weight excluding hydrogens is 717 g/mol. The summed E-state index contributed by atoms with van der Waals surface area (Å²) in [7, 11) is 0. The number of para-hydroxylation sites is 2. The Balaban J connectivity index is 1.05. The second-order valence-corrected chi connectivity index (χ2v) is 15.3. The molecule has 0 N–H and O–H groups in total. The zero-order chi connectivity index (χ0) is 38.9. The zero-order valence-electron chi connectivity index (χ0n) is 32.1. The summed E-state index contributed by atoms with van der Waals surface area (Å²) >= 11 is 0. The molecule has 0 aliphatic rings. The summed E-state index contributed by atoms with van der Waals surface area (Å²) in [4.78, 5) is 2.37. The van der Waals surface area contributed by atoms with E-state index in [0.717, 1.165) is 55.5 Å².